The summed E-state index contributed by atoms with van der Waals surface area (Å²) in [6.45, 7) is 2.39. The number of hydrogen-bond acceptors (Lipinski definition) is 5. The number of hydrogen-bond donors (Lipinski definition) is 1. The van der Waals surface area contributed by atoms with Crippen LogP contribution in [0.5, 0.6) is 0 Å². The van der Waals surface area contributed by atoms with Crippen molar-refractivity contribution in [3.05, 3.63) is 49.3 Å². The average molecular weight is 289 g/mol. The second-order valence-corrected chi connectivity index (χ2v) is 6.23. The number of aryl methyl sites for hydroxylation is 3. The molecule has 0 saturated carbocycles. The molecule has 2 aromatic heterocycles. The first kappa shape index (κ1) is 13.1. The zero-order valence-corrected chi connectivity index (χ0v) is 12.0. The first-order chi connectivity index (χ1) is 9.63. The summed E-state index contributed by atoms with van der Waals surface area (Å²) in [7, 11) is 0. The van der Waals surface area contributed by atoms with E-state index in [1.807, 2.05) is 0 Å². The third-order valence-electron chi connectivity index (χ3n) is 3.43. The molecule has 1 aliphatic rings. The summed E-state index contributed by atoms with van der Waals surface area (Å²) in [6.07, 6.45) is 5.22. The third-order valence-corrected chi connectivity index (χ3v) is 4.67. The molecule has 0 atom stereocenters. The molecule has 0 saturated heterocycles. The van der Waals surface area contributed by atoms with Crippen molar-refractivity contribution in [1.82, 2.24) is 4.98 Å². The molecule has 0 radical (unpaired) electrons. The Labute approximate surface area is 120 Å². The first-order valence-electron chi connectivity index (χ1n) is 6.59. The molecule has 1 aliphatic carbocycles. The van der Waals surface area contributed by atoms with E-state index < -0.39 is 4.92 Å². The van der Waals surface area contributed by atoms with E-state index in [-0.39, 0.29) is 5.69 Å². The van der Waals surface area contributed by atoms with E-state index in [1.165, 1.54) is 28.2 Å². The van der Waals surface area contributed by atoms with Gasteiger partial charge in [0.1, 0.15) is 0 Å². The summed E-state index contributed by atoms with van der Waals surface area (Å²) in [5.41, 5.74) is 2.27. The normalized spacial score (nSPS) is 13.2. The topological polar surface area (TPSA) is 68.1 Å². The fourth-order valence-corrected chi connectivity index (χ4v) is 3.68. The Bertz CT molecular complexity index is 645. The molecule has 6 heteroatoms. The molecule has 0 bridgehead atoms. The summed E-state index contributed by atoms with van der Waals surface area (Å²) in [6, 6.07) is 3.75. The van der Waals surface area contributed by atoms with E-state index in [1.54, 1.807) is 30.5 Å². The number of anilines is 1. The van der Waals surface area contributed by atoms with Crippen LogP contribution < -0.4 is 5.32 Å². The number of nitrogens with one attached hydrogen (secondary N) is 1. The van der Waals surface area contributed by atoms with Gasteiger partial charge >= 0.3 is 5.69 Å². The van der Waals surface area contributed by atoms with Crippen molar-refractivity contribution in [3.63, 3.8) is 0 Å². The lowest BCUT2D eigenvalue weighted by Gasteiger charge is -2.05. The van der Waals surface area contributed by atoms with Gasteiger partial charge < -0.3 is 5.32 Å². The largest absolute Gasteiger partial charge is 0.359 e. The Morgan fingerprint density at radius 3 is 3.05 bits per heavy atom. The van der Waals surface area contributed by atoms with Crippen molar-refractivity contribution in [1.29, 1.82) is 0 Å². The summed E-state index contributed by atoms with van der Waals surface area (Å²) >= 11 is 1.80. The van der Waals surface area contributed by atoms with Gasteiger partial charge in [0.15, 0.2) is 0 Å². The van der Waals surface area contributed by atoms with Crippen LogP contribution in [-0.4, -0.2) is 9.91 Å². The van der Waals surface area contributed by atoms with Gasteiger partial charge in [-0.05, 0) is 43.4 Å². The van der Waals surface area contributed by atoms with E-state index in [0.717, 1.165) is 12.0 Å². The van der Waals surface area contributed by atoms with Crippen molar-refractivity contribution in [2.24, 2.45) is 0 Å². The highest BCUT2D eigenvalue weighted by molar-refractivity contribution is 7.12. The highest BCUT2D eigenvalue weighted by Gasteiger charge is 2.17. The van der Waals surface area contributed by atoms with Gasteiger partial charge in [-0.15, -0.1) is 11.3 Å². The predicted octanol–water partition coefficient (Wildman–Crippen LogP) is 3.46. The lowest BCUT2D eigenvalue weighted by molar-refractivity contribution is -0.384. The molecule has 0 aliphatic heterocycles. The van der Waals surface area contributed by atoms with Gasteiger partial charge in [-0.3, -0.25) is 10.1 Å². The molecular weight excluding hydrogens is 274 g/mol. The molecule has 0 amide bonds. The van der Waals surface area contributed by atoms with Crippen LogP contribution >= 0.6 is 11.3 Å². The lowest BCUT2D eigenvalue weighted by atomic mass is 10.2. The third kappa shape index (κ3) is 2.51. The Morgan fingerprint density at radius 2 is 2.30 bits per heavy atom. The SMILES string of the molecule is Cc1cnc(NCc2cc3c(s2)CCC3)c([N+](=O)[O-])c1. The van der Waals surface area contributed by atoms with Gasteiger partial charge in [0, 0.05) is 22.0 Å². The summed E-state index contributed by atoms with van der Waals surface area (Å²) in [5, 5.41) is 14.1. The van der Waals surface area contributed by atoms with Crippen LogP contribution in [0.25, 0.3) is 0 Å². The zero-order chi connectivity index (χ0) is 14.1. The van der Waals surface area contributed by atoms with Gasteiger partial charge in [0.05, 0.1) is 11.5 Å². The van der Waals surface area contributed by atoms with E-state index in [0.29, 0.717) is 12.4 Å². The summed E-state index contributed by atoms with van der Waals surface area (Å²) in [4.78, 5) is 17.4. The number of nitrogens with zero attached hydrogens (tertiary/aromatic N) is 2. The minimum absolute atomic E-state index is 0.0362. The van der Waals surface area contributed by atoms with E-state index >= 15 is 0 Å². The number of fused-ring (bicyclic) bond motifs is 1. The monoisotopic (exact) mass is 289 g/mol. The minimum Gasteiger partial charge on any atom is -0.359 e. The Morgan fingerprint density at radius 1 is 1.45 bits per heavy atom. The fraction of sp³-hybridized carbons (Fsp3) is 0.357. The van der Waals surface area contributed by atoms with Crippen LogP contribution in [0.1, 0.15) is 27.3 Å². The number of thiophene rings is 1. The first-order valence-corrected chi connectivity index (χ1v) is 7.40. The van der Waals surface area contributed by atoms with Gasteiger partial charge in [0.25, 0.3) is 0 Å². The van der Waals surface area contributed by atoms with E-state index in [9.17, 15) is 10.1 Å². The molecule has 5 nitrogen and oxygen atoms in total. The van der Waals surface area contributed by atoms with Crippen molar-refractivity contribution in [3.8, 4) is 0 Å². The van der Waals surface area contributed by atoms with E-state index in [4.69, 9.17) is 0 Å². The summed E-state index contributed by atoms with van der Waals surface area (Å²) < 4.78 is 0. The molecule has 0 unspecified atom stereocenters. The van der Waals surface area contributed by atoms with Crippen LogP contribution in [0.3, 0.4) is 0 Å². The predicted molar refractivity (Wildman–Crippen MR) is 79.3 cm³/mol. The van der Waals surface area contributed by atoms with Crippen LogP contribution in [0.4, 0.5) is 11.5 Å². The quantitative estimate of drug-likeness (QED) is 0.691. The Balaban J connectivity index is 1.76. The maximum Gasteiger partial charge on any atom is 0.311 e. The van der Waals surface area contributed by atoms with E-state index in [2.05, 4.69) is 16.4 Å². The van der Waals surface area contributed by atoms with Crippen LogP contribution in [0.2, 0.25) is 0 Å². The summed E-state index contributed by atoms with van der Waals surface area (Å²) in [5.74, 6) is 0.342. The molecule has 3 rings (SSSR count). The van der Waals surface area contributed by atoms with Crippen LogP contribution in [0, 0.1) is 17.0 Å². The second kappa shape index (κ2) is 5.20. The molecular formula is C14H15N3O2S. The van der Waals surface area contributed by atoms with Gasteiger partial charge in [-0.2, -0.15) is 0 Å². The molecule has 104 valence electrons. The highest BCUT2D eigenvalue weighted by Crippen LogP contribution is 2.31. The molecule has 20 heavy (non-hydrogen) atoms. The van der Waals surface area contributed by atoms with Gasteiger partial charge in [-0.25, -0.2) is 4.98 Å². The standard InChI is InChI=1S/C14H15N3O2S/c1-9-5-12(17(18)19)14(15-7-9)16-8-11-6-10-3-2-4-13(10)20-11/h5-7H,2-4,8H2,1H3,(H,15,16). The van der Waals surface area contributed by atoms with Crippen molar-refractivity contribution >= 4 is 22.8 Å². The van der Waals surface area contributed by atoms with Crippen molar-refractivity contribution in [2.45, 2.75) is 32.7 Å². The molecule has 0 aromatic carbocycles. The smallest absolute Gasteiger partial charge is 0.311 e. The number of rotatable bonds is 4. The zero-order valence-electron chi connectivity index (χ0n) is 11.2. The fourth-order valence-electron chi connectivity index (χ4n) is 2.48. The Kier molecular flexibility index (Phi) is 3.40. The van der Waals surface area contributed by atoms with Crippen LogP contribution in [0.15, 0.2) is 18.3 Å². The molecule has 0 spiro atoms. The number of aromatic nitrogens is 1. The second-order valence-electron chi connectivity index (χ2n) is 5.01. The average Bonchev–Trinajstić information content (AvgIpc) is 2.97. The maximum absolute atomic E-state index is 11.0. The van der Waals surface area contributed by atoms with Crippen molar-refractivity contribution < 1.29 is 4.92 Å². The highest BCUT2D eigenvalue weighted by atomic mass is 32.1. The maximum atomic E-state index is 11.0. The molecule has 0 fully saturated rings. The van der Waals surface area contributed by atoms with Gasteiger partial charge in [0.2, 0.25) is 5.82 Å². The lowest BCUT2D eigenvalue weighted by Crippen LogP contribution is -2.04. The number of pyridine rings is 1. The number of nitro groups is 1. The van der Waals surface area contributed by atoms with Gasteiger partial charge in [-0.1, -0.05) is 0 Å². The molecule has 2 aromatic rings. The molecule has 2 heterocycles. The van der Waals surface area contributed by atoms with Crippen LogP contribution in [-0.2, 0) is 19.4 Å². The Hall–Kier alpha value is -1.95. The van der Waals surface area contributed by atoms with Crippen molar-refractivity contribution in [2.75, 3.05) is 5.32 Å². The minimum atomic E-state index is -0.392. The molecule has 1 N–H and O–H groups in total.